The highest BCUT2D eigenvalue weighted by Crippen LogP contribution is 2.39. The van der Waals surface area contributed by atoms with Crippen molar-refractivity contribution in [2.75, 3.05) is 5.32 Å². The topological polar surface area (TPSA) is 32.3 Å². The molecule has 0 aromatic heterocycles. The maximum atomic E-state index is 12.6. The van der Waals surface area contributed by atoms with E-state index in [9.17, 15) is 18.3 Å². The average Bonchev–Trinajstić information content (AvgIpc) is 2.35. The van der Waals surface area contributed by atoms with Gasteiger partial charge in [-0.25, -0.2) is 0 Å². The molecular weight excluding hydrogens is 314 g/mol. The molecule has 0 radical (unpaired) electrons. The molecule has 0 aliphatic heterocycles. The molecular formula is C13H14Cl2F3NO. The van der Waals surface area contributed by atoms with Gasteiger partial charge in [-0.2, -0.15) is 13.2 Å². The second-order valence-corrected chi connectivity index (χ2v) is 5.84. The van der Waals surface area contributed by atoms with Crippen molar-refractivity contribution >= 4 is 28.9 Å². The van der Waals surface area contributed by atoms with E-state index in [-0.39, 0.29) is 34.7 Å². The van der Waals surface area contributed by atoms with E-state index in [2.05, 4.69) is 5.32 Å². The fourth-order valence-electron chi connectivity index (χ4n) is 2.45. The third-order valence-corrected chi connectivity index (χ3v) is 4.15. The summed E-state index contributed by atoms with van der Waals surface area (Å²) >= 11 is 11.6. The zero-order valence-corrected chi connectivity index (χ0v) is 12.0. The van der Waals surface area contributed by atoms with E-state index in [1.54, 1.807) is 0 Å². The molecule has 0 bridgehead atoms. The first-order valence-electron chi connectivity index (χ1n) is 6.28. The molecule has 2 nitrogen and oxygen atoms in total. The van der Waals surface area contributed by atoms with Gasteiger partial charge in [-0.15, -0.1) is 0 Å². The lowest BCUT2D eigenvalue weighted by Gasteiger charge is -2.31. The van der Waals surface area contributed by atoms with E-state index in [0.717, 1.165) is 0 Å². The molecule has 7 heteroatoms. The lowest BCUT2D eigenvalue weighted by atomic mass is 9.85. The maximum Gasteiger partial charge on any atom is 0.391 e. The fourth-order valence-corrected chi connectivity index (χ4v) is 2.94. The summed E-state index contributed by atoms with van der Waals surface area (Å²) < 4.78 is 37.7. The Labute approximate surface area is 124 Å². The third kappa shape index (κ3) is 3.64. The van der Waals surface area contributed by atoms with Crippen molar-refractivity contribution < 1.29 is 18.3 Å². The lowest BCUT2D eigenvalue weighted by Crippen LogP contribution is -2.32. The summed E-state index contributed by atoms with van der Waals surface area (Å²) in [6.07, 6.45) is -2.96. The Morgan fingerprint density at radius 3 is 2.00 bits per heavy atom. The summed E-state index contributed by atoms with van der Waals surface area (Å²) in [6, 6.07) is 2.99. The second-order valence-electron chi connectivity index (χ2n) is 5.02. The number of hydrogen-bond acceptors (Lipinski definition) is 2. The van der Waals surface area contributed by atoms with Crippen molar-refractivity contribution in [3.05, 3.63) is 22.2 Å². The Morgan fingerprint density at radius 2 is 1.55 bits per heavy atom. The van der Waals surface area contributed by atoms with Crippen LogP contribution in [0, 0.1) is 5.92 Å². The molecule has 1 aliphatic rings. The number of phenolic OH excluding ortho intramolecular Hbond substituents is 1. The molecule has 1 saturated carbocycles. The molecule has 0 unspecified atom stereocenters. The molecule has 2 rings (SSSR count). The summed E-state index contributed by atoms with van der Waals surface area (Å²) in [6.45, 7) is 0. The van der Waals surface area contributed by atoms with E-state index in [0.29, 0.717) is 18.5 Å². The number of anilines is 1. The van der Waals surface area contributed by atoms with Crippen LogP contribution in [-0.4, -0.2) is 17.3 Å². The van der Waals surface area contributed by atoms with Crippen LogP contribution >= 0.6 is 23.2 Å². The molecule has 0 spiro atoms. The van der Waals surface area contributed by atoms with Crippen LogP contribution in [-0.2, 0) is 0 Å². The first-order chi connectivity index (χ1) is 9.27. The number of phenols is 1. The van der Waals surface area contributed by atoms with E-state index >= 15 is 0 Å². The minimum atomic E-state index is -4.10. The van der Waals surface area contributed by atoms with Gasteiger partial charge in [0, 0.05) is 11.7 Å². The molecule has 0 atom stereocenters. The van der Waals surface area contributed by atoms with Crippen LogP contribution in [0.4, 0.5) is 18.9 Å². The van der Waals surface area contributed by atoms with Gasteiger partial charge >= 0.3 is 6.18 Å². The number of benzene rings is 1. The molecule has 1 aromatic carbocycles. The Hall–Kier alpha value is -0.810. The smallest absolute Gasteiger partial charge is 0.391 e. The molecule has 1 aromatic rings. The SMILES string of the molecule is Oc1c(Cl)cc(NC2CCC(C(F)(F)F)CC2)cc1Cl. The summed E-state index contributed by atoms with van der Waals surface area (Å²) in [4.78, 5) is 0. The van der Waals surface area contributed by atoms with Crippen LogP contribution < -0.4 is 5.32 Å². The van der Waals surface area contributed by atoms with Gasteiger partial charge in [-0.05, 0) is 37.8 Å². The van der Waals surface area contributed by atoms with Gasteiger partial charge in [-0.3, -0.25) is 0 Å². The van der Waals surface area contributed by atoms with Crippen LogP contribution in [0.25, 0.3) is 0 Å². The maximum absolute atomic E-state index is 12.6. The molecule has 0 heterocycles. The predicted octanol–water partition coefficient (Wildman–Crippen LogP) is 5.23. The average molecular weight is 328 g/mol. The number of rotatable bonds is 2. The molecule has 20 heavy (non-hydrogen) atoms. The molecule has 1 fully saturated rings. The van der Waals surface area contributed by atoms with E-state index in [4.69, 9.17) is 23.2 Å². The van der Waals surface area contributed by atoms with Crippen molar-refractivity contribution in [3.63, 3.8) is 0 Å². The minimum absolute atomic E-state index is 0.0368. The normalized spacial score (nSPS) is 23.6. The Kier molecular flexibility index (Phi) is 4.59. The Morgan fingerprint density at radius 1 is 1.05 bits per heavy atom. The first-order valence-corrected chi connectivity index (χ1v) is 7.04. The van der Waals surface area contributed by atoms with Crippen LogP contribution in [0.2, 0.25) is 10.0 Å². The fraction of sp³-hybridized carbons (Fsp3) is 0.538. The minimum Gasteiger partial charge on any atom is -0.505 e. The van der Waals surface area contributed by atoms with Crippen molar-refractivity contribution in [1.29, 1.82) is 0 Å². The van der Waals surface area contributed by atoms with Crippen LogP contribution in [0.15, 0.2) is 12.1 Å². The van der Waals surface area contributed by atoms with Gasteiger partial charge in [0.15, 0.2) is 5.75 Å². The van der Waals surface area contributed by atoms with Crippen molar-refractivity contribution in [3.8, 4) is 5.75 Å². The van der Waals surface area contributed by atoms with Crippen LogP contribution in [0.1, 0.15) is 25.7 Å². The Balaban J connectivity index is 1.96. The van der Waals surface area contributed by atoms with Gasteiger partial charge < -0.3 is 10.4 Å². The van der Waals surface area contributed by atoms with Crippen molar-refractivity contribution in [1.82, 2.24) is 0 Å². The Bertz CT molecular complexity index is 462. The number of hydrogen-bond donors (Lipinski definition) is 2. The van der Waals surface area contributed by atoms with E-state index in [1.807, 2.05) is 0 Å². The summed E-state index contributed by atoms with van der Waals surface area (Å²) in [5, 5.41) is 12.8. The molecule has 0 amide bonds. The number of nitrogens with one attached hydrogen (secondary N) is 1. The lowest BCUT2D eigenvalue weighted by molar-refractivity contribution is -0.182. The second kappa shape index (κ2) is 5.90. The monoisotopic (exact) mass is 327 g/mol. The zero-order chi connectivity index (χ0) is 14.9. The van der Waals surface area contributed by atoms with Crippen molar-refractivity contribution in [2.24, 2.45) is 5.92 Å². The third-order valence-electron chi connectivity index (χ3n) is 3.58. The van der Waals surface area contributed by atoms with Gasteiger partial charge in [0.1, 0.15) is 0 Å². The highest BCUT2D eigenvalue weighted by molar-refractivity contribution is 6.37. The van der Waals surface area contributed by atoms with Crippen molar-refractivity contribution in [2.45, 2.75) is 37.9 Å². The number of halogens is 5. The van der Waals surface area contributed by atoms with Gasteiger partial charge in [0.25, 0.3) is 0 Å². The zero-order valence-electron chi connectivity index (χ0n) is 10.5. The highest BCUT2D eigenvalue weighted by atomic mass is 35.5. The molecule has 1 aliphatic carbocycles. The quantitative estimate of drug-likeness (QED) is 0.729. The molecule has 112 valence electrons. The number of alkyl halides is 3. The standard InChI is InChI=1S/C13H14Cl2F3NO/c14-10-5-9(6-11(15)12(10)20)19-8-3-1-7(2-4-8)13(16,17)18/h5-8,19-20H,1-4H2. The molecule has 2 N–H and O–H groups in total. The molecule has 0 saturated heterocycles. The number of aromatic hydroxyl groups is 1. The predicted molar refractivity (Wildman–Crippen MR) is 73.6 cm³/mol. The van der Waals surface area contributed by atoms with Gasteiger partial charge in [0.2, 0.25) is 0 Å². The summed E-state index contributed by atoms with van der Waals surface area (Å²) in [5.41, 5.74) is 0.605. The highest BCUT2D eigenvalue weighted by Gasteiger charge is 2.41. The van der Waals surface area contributed by atoms with E-state index in [1.165, 1.54) is 12.1 Å². The summed E-state index contributed by atoms with van der Waals surface area (Å²) in [5.74, 6) is -1.40. The van der Waals surface area contributed by atoms with Crippen LogP contribution in [0.3, 0.4) is 0 Å². The van der Waals surface area contributed by atoms with Gasteiger partial charge in [0.05, 0.1) is 16.0 Å². The largest absolute Gasteiger partial charge is 0.505 e. The summed E-state index contributed by atoms with van der Waals surface area (Å²) in [7, 11) is 0. The first kappa shape index (κ1) is 15.6. The van der Waals surface area contributed by atoms with Gasteiger partial charge in [-0.1, -0.05) is 23.2 Å². The van der Waals surface area contributed by atoms with E-state index < -0.39 is 12.1 Å². The van der Waals surface area contributed by atoms with Crippen LogP contribution in [0.5, 0.6) is 5.75 Å².